The van der Waals surface area contributed by atoms with Crippen LogP contribution in [0.5, 0.6) is 0 Å². The van der Waals surface area contributed by atoms with Crippen molar-refractivity contribution in [2.45, 2.75) is 26.3 Å². The number of amides is 1. The summed E-state index contributed by atoms with van der Waals surface area (Å²) >= 11 is 0. The van der Waals surface area contributed by atoms with Crippen LogP contribution in [0.25, 0.3) is 0 Å². The highest BCUT2D eigenvalue weighted by atomic mass is 16.2. The van der Waals surface area contributed by atoms with Crippen molar-refractivity contribution in [3.63, 3.8) is 0 Å². The molecule has 0 bridgehead atoms. The summed E-state index contributed by atoms with van der Waals surface area (Å²) in [4.78, 5) is 20.8. The topological polar surface area (TPSA) is 84.6 Å². The van der Waals surface area contributed by atoms with Gasteiger partial charge in [0.25, 0.3) is 0 Å². The van der Waals surface area contributed by atoms with Gasteiger partial charge < -0.3 is 5.73 Å². The lowest BCUT2D eigenvalue weighted by molar-refractivity contribution is -0.119. The van der Waals surface area contributed by atoms with E-state index in [0.717, 1.165) is 0 Å². The maximum atomic E-state index is 10.5. The zero-order valence-electron chi connectivity index (χ0n) is 7.20. The van der Waals surface area contributed by atoms with Crippen molar-refractivity contribution in [1.29, 1.82) is 0 Å². The zero-order valence-corrected chi connectivity index (χ0v) is 7.20. The minimum absolute atomic E-state index is 0.00299. The maximum Gasteiger partial charge on any atom is 0.236 e. The van der Waals surface area contributed by atoms with E-state index >= 15 is 0 Å². The number of Topliss-reactive ketones (excluding diaryl/α,β-unsaturated/α-hetero) is 1. The molecule has 1 atom stereocenters. The Hall–Kier alpha value is -1.23. The molecule has 0 aliphatic rings. The molecule has 0 aliphatic heterocycles. The summed E-state index contributed by atoms with van der Waals surface area (Å²) < 4.78 is 0. The molecule has 5 nitrogen and oxygen atoms in total. The number of carbonyl (C=O) groups excluding carboxylic acids is 2. The highest BCUT2D eigenvalue weighted by Gasteiger charge is 2.01. The lowest BCUT2D eigenvalue weighted by Gasteiger charge is -2.00. The summed E-state index contributed by atoms with van der Waals surface area (Å²) in [6, 6.07) is -0.422. The summed E-state index contributed by atoms with van der Waals surface area (Å²) in [5.41, 5.74) is 7.63. The molecule has 68 valence electrons. The van der Waals surface area contributed by atoms with Gasteiger partial charge in [-0.1, -0.05) is 0 Å². The molecule has 5 heteroatoms. The highest BCUT2D eigenvalue weighted by molar-refractivity contribution is 5.81. The SMILES string of the molecule is CC(=O)CC(N)/C=N/NC(C)=O. The van der Waals surface area contributed by atoms with Crippen LogP contribution in [0.3, 0.4) is 0 Å². The summed E-state index contributed by atoms with van der Waals surface area (Å²) in [5.74, 6) is -0.266. The first-order valence-electron chi connectivity index (χ1n) is 3.57. The predicted octanol–water partition coefficient (Wildman–Crippen LogP) is -0.585. The summed E-state index contributed by atoms with van der Waals surface area (Å²) in [5, 5.41) is 3.52. The van der Waals surface area contributed by atoms with Gasteiger partial charge in [0.2, 0.25) is 5.91 Å². The molecule has 1 amide bonds. The van der Waals surface area contributed by atoms with Crippen LogP contribution in [-0.4, -0.2) is 23.9 Å². The fourth-order valence-corrected chi connectivity index (χ4v) is 0.609. The first-order chi connectivity index (χ1) is 5.52. The Bertz CT molecular complexity index is 201. The molecule has 0 spiro atoms. The Morgan fingerprint density at radius 2 is 2.17 bits per heavy atom. The van der Waals surface area contributed by atoms with Crippen molar-refractivity contribution >= 4 is 17.9 Å². The number of nitrogens with one attached hydrogen (secondary N) is 1. The second kappa shape index (κ2) is 5.42. The summed E-state index contributed by atoms with van der Waals surface area (Å²) in [6.45, 7) is 2.79. The molecular formula is C7H13N3O2. The quantitative estimate of drug-likeness (QED) is 0.438. The number of hydrogen-bond acceptors (Lipinski definition) is 4. The molecular weight excluding hydrogens is 158 g/mol. The molecule has 3 N–H and O–H groups in total. The minimum Gasteiger partial charge on any atom is -0.323 e. The fourth-order valence-electron chi connectivity index (χ4n) is 0.609. The van der Waals surface area contributed by atoms with Crippen LogP contribution in [0.4, 0.5) is 0 Å². The smallest absolute Gasteiger partial charge is 0.236 e. The predicted molar refractivity (Wildman–Crippen MR) is 45.6 cm³/mol. The lowest BCUT2D eigenvalue weighted by atomic mass is 10.2. The molecule has 0 saturated heterocycles. The van der Waals surface area contributed by atoms with Crippen molar-refractivity contribution < 1.29 is 9.59 Å². The van der Waals surface area contributed by atoms with Gasteiger partial charge in [0.1, 0.15) is 5.78 Å². The van der Waals surface area contributed by atoms with Crippen molar-refractivity contribution in [2.75, 3.05) is 0 Å². The molecule has 0 aliphatic carbocycles. The zero-order chi connectivity index (χ0) is 9.56. The number of nitrogens with two attached hydrogens (primary N) is 1. The van der Waals surface area contributed by atoms with Gasteiger partial charge in [0.15, 0.2) is 0 Å². The molecule has 0 aromatic carbocycles. The second-order valence-electron chi connectivity index (χ2n) is 2.52. The first-order valence-corrected chi connectivity index (χ1v) is 3.57. The van der Waals surface area contributed by atoms with E-state index in [1.165, 1.54) is 20.1 Å². The van der Waals surface area contributed by atoms with Gasteiger partial charge in [-0.25, -0.2) is 5.43 Å². The van der Waals surface area contributed by atoms with Crippen molar-refractivity contribution in [1.82, 2.24) is 5.43 Å². The average molecular weight is 171 g/mol. The van der Waals surface area contributed by atoms with E-state index in [0.29, 0.717) is 0 Å². The largest absolute Gasteiger partial charge is 0.323 e. The van der Waals surface area contributed by atoms with Crippen LogP contribution in [0.15, 0.2) is 5.10 Å². The number of ketones is 1. The Labute approximate surface area is 71.0 Å². The van der Waals surface area contributed by atoms with Gasteiger partial charge >= 0.3 is 0 Å². The van der Waals surface area contributed by atoms with E-state index in [1.807, 2.05) is 0 Å². The standard InChI is InChI=1S/C7H13N3O2/c1-5(11)3-7(8)4-9-10-6(2)12/h4,7H,3,8H2,1-2H3,(H,10,12)/b9-4+. The van der Waals surface area contributed by atoms with Gasteiger partial charge in [-0.15, -0.1) is 0 Å². The van der Waals surface area contributed by atoms with Crippen molar-refractivity contribution in [2.24, 2.45) is 10.8 Å². The summed E-state index contributed by atoms with van der Waals surface area (Å²) in [7, 11) is 0. The summed E-state index contributed by atoms with van der Waals surface area (Å²) in [6.07, 6.45) is 1.58. The third-order valence-electron chi connectivity index (χ3n) is 1.01. The molecule has 0 heterocycles. The molecule has 0 aromatic heterocycles. The molecule has 0 aromatic rings. The third-order valence-corrected chi connectivity index (χ3v) is 1.01. The van der Waals surface area contributed by atoms with Crippen molar-refractivity contribution in [3.05, 3.63) is 0 Å². The first kappa shape index (κ1) is 10.8. The van der Waals surface area contributed by atoms with Crippen LogP contribution in [0.1, 0.15) is 20.3 Å². The Kier molecular flexibility index (Phi) is 4.87. The van der Waals surface area contributed by atoms with Gasteiger partial charge in [-0.05, 0) is 6.92 Å². The highest BCUT2D eigenvalue weighted by Crippen LogP contribution is 1.85. The number of rotatable bonds is 4. The fraction of sp³-hybridized carbons (Fsp3) is 0.571. The maximum absolute atomic E-state index is 10.5. The van der Waals surface area contributed by atoms with Gasteiger partial charge in [-0.2, -0.15) is 5.10 Å². The number of carbonyl (C=O) groups is 2. The number of nitrogens with zero attached hydrogens (tertiary/aromatic N) is 1. The van der Waals surface area contributed by atoms with E-state index < -0.39 is 6.04 Å². The van der Waals surface area contributed by atoms with Crippen molar-refractivity contribution in [3.8, 4) is 0 Å². The molecule has 1 unspecified atom stereocenters. The number of hydrazone groups is 1. The Morgan fingerprint density at radius 1 is 1.58 bits per heavy atom. The van der Waals surface area contributed by atoms with Crippen LogP contribution in [-0.2, 0) is 9.59 Å². The molecule has 0 saturated carbocycles. The van der Waals surface area contributed by atoms with Gasteiger partial charge in [0.05, 0.1) is 0 Å². The Balaban J connectivity index is 3.67. The average Bonchev–Trinajstić information content (AvgIpc) is 1.84. The van der Waals surface area contributed by atoms with E-state index in [-0.39, 0.29) is 18.1 Å². The van der Waals surface area contributed by atoms with E-state index in [4.69, 9.17) is 5.73 Å². The molecule has 0 rings (SSSR count). The lowest BCUT2D eigenvalue weighted by Crippen LogP contribution is -2.26. The minimum atomic E-state index is -0.422. The molecule has 0 fully saturated rings. The van der Waals surface area contributed by atoms with Crippen LogP contribution < -0.4 is 11.2 Å². The Morgan fingerprint density at radius 3 is 2.58 bits per heavy atom. The van der Waals surface area contributed by atoms with Crippen LogP contribution in [0.2, 0.25) is 0 Å². The molecule has 0 radical (unpaired) electrons. The van der Waals surface area contributed by atoms with Crippen LogP contribution in [0, 0.1) is 0 Å². The van der Waals surface area contributed by atoms with E-state index in [1.54, 1.807) is 0 Å². The second-order valence-corrected chi connectivity index (χ2v) is 2.52. The molecule has 12 heavy (non-hydrogen) atoms. The van der Waals surface area contributed by atoms with E-state index in [9.17, 15) is 9.59 Å². The monoisotopic (exact) mass is 171 g/mol. The van der Waals surface area contributed by atoms with E-state index in [2.05, 4.69) is 10.5 Å². The normalized spacial score (nSPS) is 12.9. The van der Waals surface area contributed by atoms with Gasteiger partial charge in [-0.3, -0.25) is 9.59 Å². The number of hydrogen-bond donors (Lipinski definition) is 2. The third kappa shape index (κ3) is 6.88. The van der Waals surface area contributed by atoms with Gasteiger partial charge in [0, 0.05) is 25.6 Å². The van der Waals surface area contributed by atoms with Crippen LogP contribution >= 0.6 is 0 Å².